The second-order valence-electron chi connectivity index (χ2n) is 3.01. The molecule has 1 amide bonds. The first kappa shape index (κ1) is 10.3. The summed E-state index contributed by atoms with van der Waals surface area (Å²) in [7, 11) is 0. The van der Waals surface area contributed by atoms with E-state index in [1.54, 1.807) is 6.07 Å². The van der Waals surface area contributed by atoms with Crippen LogP contribution in [0.3, 0.4) is 0 Å². The summed E-state index contributed by atoms with van der Waals surface area (Å²) in [4.78, 5) is 14.2. The van der Waals surface area contributed by atoms with Gasteiger partial charge in [0.1, 0.15) is 5.75 Å². The lowest BCUT2D eigenvalue weighted by Crippen LogP contribution is -2.09. The van der Waals surface area contributed by atoms with Crippen molar-refractivity contribution in [3.63, 3.8) is 0 Å². The molecule has 0 fully saturated rings. The Labute approximate surface area is 81.7 Å². The molecule has 14 heavy (non-hydrogen) atoms. The maximum atomic E-state index is 10.3. The molecule has 1 rings (SSSR count). The second kappa shape index (κ2) is 4.45. The van der Waals surface area contributed by atoms with Crippen molar-refractivity contribution < 1.29 is 14.6 Å². The lowest BCUT2D eigenvalue weighted by Gasteiger charge is -2.09. The molecular weight excluding hydrogens is 184 g/mol. The number of aromatic nitrogens is 1. The molecule has 0 aliphatic rings. The van der Waals surface area contributed by atoms with Crippen LogP contribution in [-0.4, -0.2) is 22.3 Å². The van der Waals surface area contributed by atoms with Crippen molar-refractivity contribution in [1.82, 2.24) is 4.98 Å². The van der Waals surface area contributed by atoms with Gasteiger partial charge in [-0.1, -0.05) is 0 Å². The summed E-state index contributed by atoms with van der Waals surface area (Å²) in [6, 6.07) is 1.58. The monoisotopic (exact) mass is 196 g/mol. The van der Waals surface area contributed by atoms with Gasteiger partial charge in [-0.2, -0.15) is 0 Å². The van der Waals surface area contributed by atoms with E-state index in [1.165, 1.54) is 12.4 Å². The lowest BCUT2D eigenvalue weighted by molar-refractivity contribution is 0.209. The largest absolute Gasteiger partial charge is 0.489 e. The van der Waals surface area contributed by atoms with Gasteiger partial charge >= 0.3 is 6.09 Å². The van der Waals surface area contributed by atoms with Crippen molar-refractivity contribution in [1.29, 1.82) is 0 Å². The third-order valence-electron chi connectivity index (χ3n) is 1.34. The van der Waals surface area contributed by atoms with Crippen LogP contribution < -0.4 is 10.1 Å². The Morgan fingerprint density at radius 1 is 1.57 bits per heavy atom. The number of nitrogens with zero attached hydrogens (tertiary/aromatic N) is 1. The third kappa shape index (κ3) is 3.30. The molecule has 0 bridgehead atoms. The SMILES string of the molecule is CC(C)Oc1cncc(NC(=O)O)c1. The highest BCUT2D eigenvalue weighted by Crippen LogP contribution is 2.16. The van der Waals surface area contributed by atoms with Gasteiger partial charge in [0.2, 0.25) is 0 Å². The Bertz CT molecular complexity index is 326. The summed E-state index contributed by atoms with van der Waals surface area (Å²) in [6.07, 6.45) is 1.87. The van der Waals surface area contributed by atoms with Crippen molar-refractivity contribution in [2.75, 3.05) is 5.32 Å². The normalized spacial score (nSPS) is 9.93. The molecule has 0 aromatic carbocycles. The minimum Gasteiger partial charge on any atom is -0.489 e. The molecule has 0 unspecified atom stereocenters. The van der Waals surface area contributed by atoms with Crippen LogP contribution in [0.25, 0.3) is 0 Å². The second-order valence-corrected chi connectivity index (χ2v) is 3.01. The Morgan fingerprint density at radius 3 is 2.86 bits per heavy atom. The molecule has 5 nitrogen and oxygen atoms in total. The quantitative estimate of drug-likeness (QED) is 0.775. The zero-order valence-corrected chi connectivity index (χ0v) is 8.02. The first-order valence-electron chi connectivity index (χ1n) is 4.19. The highest BCUT2D eigenvalue weighted by Gasteiger charge is 2.02. The minimum atomic E-state index is -1.12. The summed E-state index contributed by atoms with van der Waals surface area (Å²) in [5.74, 6) is 0.547. The molecule has 0 atom stereocenters. The minimum absolute atomic E-state index is 0.0388. The van der Waals surface area contributed by atoms with Gasteiger partial charge in [-0.05, 0) is 13.8 Å². The van der Waals surface area contributed by atoms with Crippen LogP contribution in [0.4, 0.5) is 10.5 Å². The van der Waals surface area contributed by atoms with E-state index in [9.17, 15) is 4.79 Å². The number of pyridine rings is 1. The number of carboxylic acid groups (broad SMARTS) is 1. The Kier molecular flexibility index (Phi) is 3.28. The third-order valence-corrected chi connectivity index (χ3v) is 1.34. The summed E-state index contributed by atoms with van der Waals surface area (Å²) < 4.78 is 5.34. The van der Waals surface area contributed by atoms with Crippen molar-refractivity contribution >= 4 is 11.8 Å². The maximum absolute atomic E-state index is 10.3. The molecular formula is C9H12N2O3. The predicted octanol–water partition coefficient (Wildman–Crippen LogP) is 1.96. The first-order valence-corrected chi connectivity index (χ1v) is 4.19. The number of rotatable bonds is 3. The van der Waals surface area contributed by atoms with Crippen LogP contribution in [0.15, 0.2) is 18.5 Å². The number of hydrogen-bond acceptors (Lipinski definition) is 3. The fourth-order valence-corrected chi connectivity index (χ4v) is 0.947. The maximum Gasteiger partial charge on any atom is 0.409 e. The number of nitrogens with one attached hydrogen (secondary N) is 1. The zero-order valence-electron chi connectivity index (χ0n) is 8.02. The molecule has 1 aromatic heterocycles. The van der Waals surface area contributed by atoms with Crippen LogP contribution in [0, 0.1) is 0 Å². The van der Waals surface area contributed by atoms with Crippen LogP contribution in [0.1, 0.15) is 13.8 Å². The molecule has 0 saturated heterocycles. The van der Waals surface area contributed by atoms with Gasteiger partial charge in [0.25, 0.3) is 0 Å². The van der Waals surface area contributed by atoms with Gasteiger partial charge in [-0.3, -0.25) is 10.3 Å². The van der Waals surface area contributed by atoms with Crippen LogP contribution in [0.5, 0.6) is 5.75 Å². The van der Waals surface area contributed by atoms with E-state index in [1.807, 2.05) is 13.8 Å². The average molecular weight is 196 g/mol. The number of carbonyl (C=O) groups is 1. The molecule has 76 valence electrons. The average Bonchev–Trinajstić information content (AvgIpc) is 2.01. The van der Waals surface area contributed by atoms with E-state index >= 15 is 0 Å². The standard InChI is InChI=1S/C9H12N2O3/c1-6(2)14-8-3-7(4-10-5-8)11-9(12)13/h3-6,11H,1-2H3,(H,12,13). The number of amides is 1. The van der Waals surface area contributed by atoms with Crippen LogP contribution in [0.2, 0.25) is 0 Å². The van der Waals surface area contributed by atoms with Crippen molar-refractivity contribution in [3.05, 3.63) is 18.5 Å². The van der Waals surface area contributed by atoms with Crippen LogP contribution >= 0.6 is 0 Å². The summed E-state index contributed by atoms with van der Waals surface area (Å²) in [5, 5.41) is 10.7. The fourth-order valence-electron chi connectivity index (χ4n) is 0.947. The zero-order chi connectivity index (χ0) is 10.6. The molecule has 1 heterocycles. The molecule has 0 saturated carbocycles. The topological polar surface area (TPSA) is 71.5 Å². The fraction of sp³-hybridized carbons (Fsp3) is 0.333. The van der Waals surface area contributed by atoms with E-state index < -0.39 is 6.09 Å². The van der Waals surface area contributed by atoms with Crippen LogP contribution in [-0.2, 0) is 0 Å². The van der Waals surface area contributed by atoms with Gasteiger partial charge in [0.05, 0.1) is 24.2 Å². The Hall–Kier alpha value is -1.78. The van der Waals surface area contributed by atoms with Crippen molar-refractivity contribution in [2.24, 2.45) is 0 Å². The van der Waals surface area contributed by atoms with Gasteiger partial charge in [-0.15, -0.1) is 0 Å². The van der Waals surface area contributed by atoms with E-state index in [0.717, 1.165) is 0 Å². The molecule has 0 aliphatic carbocycles. The molecule has 5 heteroatoms. The smallest absolute Gasteiger partial charge is 0.409 e. The van der Waals surface area contributed by atoms with E-state index in [4.69, 9.17) is 9.84 Å². The summed E-state index contributed by atoms with van der Waals surface area (Å²) >= 11 is 0. The van der Waals surface area contributed by atoms with E-state index in [0.29, 0.717) is 11.4 Å². The summed E-state index contributed by atoms with van der Waals surface area (Å²) in [5.41, 5.74) is 0.399. The number of hydrogen-bond donors (Lipinski definition) is 2. The highest BCUT2D eigenvalue weighted by molar-refractivity contribution is 5.82. The molecule has 1 aromatic rings. The molecule has 0 spiro atoms. The predicted molar refractivity (Wildman–Crippen MR) is 51.6 cm³/mol. The van der Waals surface area contributed by atoms with Gasteiger partial charge in [0.15, 0.2) is 0 Å². The molecule has 0 aliphatic heterocycles. The molecule has 0 radical (unpaired) electrons. The highest BCUT2D eigenvalue weighted by atomic mass is 16.5. The van der Waals surface area contributed by atoms with Gasteiger partial charge in [0, 0.05) is 6.07 Å². The van der Waals surface area contributed by atoms with Gasteiger partial charge in [-0.25, -0.2) is 4.79 Å². The van der Waals surface area contributed by atoms with Gasteiger partial charge < -0.3 is 9.84 Å². The summed E-state index contributed by atoms with van der Waals surface area (Å²) in [6.45, 7) is 3.77. The number of anilines is 1. The molecule has 2 N–H and O–H groups in total. The van der Waals surface area contributed by atoms with E-state index in [-0.39, 0.29) is 6.10 Å². The van der Waals surface area contributed by atoms with E-state index in [2.05, 4.69) is 10.3 Å². The number of ether oxygens (including phenoxy) is 1. The first-order chi connectivity index (χ1) is 6.58. The van der Waals surface area contributed by atoms with Crippen molar-refractivity contribution in [2.45, 2.75) is 20.0 Å². The lowest BCUT2D eigenvalue weighted by atomic mass is 10.4. The Balaban J connectivity index is 2.73. The Morgan fingerprint density at radius 2 is 2.29 bits per heavy atom. The van der Waals surface area contributed by atoms with Crippen molar-refractivity contribution in [3.8, 4) is 5.75 Å².